The molecule has 3 heteroatoms. The standard InChI is InChI=1S/C16H13FO2/c1-10-7-8-11(2)15(13(10)9-18)16(19)12-5-3-4-6-14(12)17/h3-9H,1-2H3. The summed E-state index contributed by atoms with van der Waals surface area (Å²) in [5.41, 5.74) is 1.97. The molecule has 0 heterocycles. The van der Waals surface area contributed by atoms with Gasteiger partial charge in [0.05, 0.1) is 5.56 Å². The lowest BCUT2D eigenvalue weighted by atomic mass is 9.92. The molecular formula is C16H13FO2. The monoisotopic (exact) mass is 256 g/mol. The molecule has 19 heavy (non-hydrogen) atoms. The summed E-state index contributed by atoms with van der Waals surface area (Å²) in [6, 6.07) is 9.32. The highest BCUT2D eigenvalue weighted by atomic mass is 19.1. The van der Waals surface area contributed by atoms with Crippen molar-refractivity contribution in [1.29, 1.82) is 0 Å². The molecule has 0 aliphatic heterocycles. The van der Waals surface area contributed by atoms with Gasteiger partial charge in [-0.3, -0.25) is 9.59 Å². The van der Waals surface area contributed by atoms with Gasteiger partial charge in [-0.1, -0.05) is 24.3 Å². The van der Waals surface area contributed by atoms with Gasteiger partial charge in [0.15, 0.2) is 12.1 Å². The van der Waals surface area contributed by atoms with Crippen LogP contribution in [0.5, 0.6) is 0 Å². The normalized spacial score (nSPS) is 10.3. The van der Waals surface area contributed by atoms with Crippen LogP contribution in [-0.2, 0) is 0 Å². The summed E-state index contributed by atoms with van der Waals surface area (Å²) in [6.45, 7) is 3.49. The first-order valence-electron chi connectivity index (χ1n) is 5.91. The molecule has 0 radical (unpaired) electrons. The number of aryl methyl sites for hydroxylation is 2. The first-order chi connectivity index (χ1) is 9.06. The van der Waals surface area contributed by atoms with Crippen molar-refractivity contribution in [1.82, 2.24) is 0 Å². The fourth-order valence-corrected chi connectivity index (χ4v) is 2.07. The van der Waals surface area contributed by atoms with Crippen LogP contribution in [0.3, 0.4) is 0 Å². The molecule has 2 nitrogen and oxygen atoms in total. The van der Waals surface area contributed by atoms with Gasteiger partial charge in [-0.15, -0.1) is 0 Å². The number of ketones is 1. The van der Waals surface area contributed by atoms with Crippen LogP contribution >= 0.6 is 0 Å². The maximum absolute atomic E-state index is 13.7. The molecular weight excluding hydrogens is 243 g/mol. The molecule has 0 unspecified atom stereocenters. The molecule has 0 saturated heterocycles. The summed E-state index contributed by atoms with van der Waals surface area (Å²) in [7, 11) is 0. The molecule has 0 spiro atoms. The molecule has 2 rings (SSSR count). The zero-order valence-corrected chi connectivity index (χ0v) is 10.7. The third-order valence-corrected chi connectivity index (χ3v) is 3.14. The number of benzene rings is 2. The Bertz CT molecular complexity index is 660. The predicted molar refractivity (Wildman–Crippen MR) is 71.1 cm³/mol. The molecule has 0 saturated carbocycles. The number of hydrogen-bond acceptors (Lipinski definition) is 2. The van der Waals surface area contributed by atoms with E-state index in [1.807, 2.05) is 0 Å². The van der Waals surface area contributed by atoms with Crippen LogP contribution in [0.2, 0.25) is 0 Å². The molecule has 2 aromatic rings. The first-order valence-corrected chi connectivity index (χ1v) is 5.91. The van der Waals surface area contributed by atoms with E-state index >= 15 is 0 Å². The number of hydrogen-bond donors (Lipinski definition) is 0. The lowest BCUT2D eigenvalue weighted by Crippen LogP contribution is -2.10. The van der Waals surface area contributed by atoms with Crippen LogP contribution in [0.15, 0.2) is 36.4 Å². The van der Waals surface area contributed by atoms with Crippen molar-refractivity contribution in [2.75, 3.05) is 0 Å². The van der Waals surface area contributed by atoms with Crippen LogP contribution in [0, 0.1) is 19.7 Å². The van der Waals surface area contributed by atoms with Crippen LogP contribution in [0.1, 0.15) is 37.4 Å². The molecule has 0 fully saturated rings. The van der Waals surface area contributed by atoms with E-state index < -0.39 is 11.6 Å². The number of aldehydes is 1. The summed E-state index contributed by atoms with van der Waals surface area (Å²) < 4.78 is 13.7. The minimum absolute atomic E-state index is 0.0145. The van der Waals surface area contributed by atoms with E-state index in [0.717, 1.165) is 0 Å². The van der Waals surface area contributed by atoms with E-state index in [4.69, 9.17) is 0 Å². The van der Waals surface area contributed by atoms with E-state index in [1.165, 1.54) is 18.2 Å². The topological polar surface area (TPSA) is 34.1 Å². The van der Waals surface area contributed by atoms with Crippen molar-refractivity contribution in [3.05, 3.63) is 70.0 Å². The number of carbonyl (C=O) groups is 2. The average Bonchev–Trinajstić information content (AvgIpc) is 2.41. The van der Waals surface area contributed by atoms with Gasteiger partial charge in [0, 0.05) is 11.1 Å². The van der Waals surface area contributed by atoms with Gasteiger partial charge in [0.1, 0.15) is 5.82 Å². The fraction of sp³-hybridized carbons (Fsp3) is 0.125. The van der Waals surface area contributed by atoms with Crippen molar-refractivity contribution in [2.45, 2.75) is 13.8 Å². The Morgan fingerprint density at radius 2 is 1.68 bits per heavy atom. The van der Waals surface area contributed by atoms with E-state index in [2.05, 4.69) is 0 Å². The van der Waals surface area contributed by atoms with Gasteiger partial charge in [-0.05, 0) is 37.1 Å². The second-order valence-corrected chi connectivity index (χ2v) is 4.41. The third-order valence-electron chi connectivity index (χ3n) is 3.14. The molecule has 0 amide bonds. The maximum Gasteiger partial charge on any atom is 0.196 e. The summed E-state index contributed by atoms with van der Waals surface area (Å²) in [5.74, 6) is -1.04. The SMILES string of the molecule is Cc1ccc(C)c(C(=O)c2ccccc2F)c1C=O. The molecule has 0 bridgehead atoms. The van der Waals surface area contributed by atoms with Crippen molar-refractivity contribution < 1.29 is 14.0 Å². The minimum Gasteiger partial charge on any atom is -0.298 e. The second kappa shape index (κ2) is 5.14. The predicted octanol–water partition coefficient (Wildman–Crippen LogP) is 3.49. The van der Waals surface area contributed by atoms with E-state index in [9.17, 15) is 14.0 Å². The van der Waals surface area contributed by atoms with E-state index in [-0.39, 0.29) is 11.1 Å². The zero-order chi connectivity index (χ0) is 14.0. The van der Waals surface area contributed by atoms with E-state index in [1.54, 1.807) is 32.0 Å². The molecule has 96 valence electrons. The molecule has 0 aliphatic carbocycles. The number of rotatable bonds is 3. The largest absolute Gasteiger partial charge is 0.298 e. The highest BCUT2D eigenvalue weighted by Crippen LogP contribution is 2.22. The fourth-order valence-electron chi connectivity index (χ4n) is 2.07. The van der Waals surface area contributed by atoms with Crippen LogP contribution in [0.4, 0.5) is 4.39 Å². The summed E-state index contributed by atoms with van der Waals surface area (Å²) >= 11 is 0. The Balaban J connectivity index is 2.66. The van der Waals surface area contributed by atoms with Crippen LogP contribution < -0.4 is 0 Å². The average molecular weight is 256 g/mol. The van der Waals surface area contributed by atoms with Crippen molar-refractivity contribution in [3.63, 3.8) is 0 Å². The van der Waals surface area contributed by atoms with Crippen molar-refractivity contribution in [2.24, 2.45) is 0 Å². The number of halogens is 1. The van der Waals surface area contributed by atoms with Gasteiger partial charge in [-0.2, -0.15) is 0 Å². The van der Waals surface area contributed by atoms with Gasteiger partial charge in [-0.25, -0.2) is 4.39 Å². The van der Waals surface area contributed by atoms with Gasteiger partial charge in [0.25, 0.3) is 0 Å². The summed E-state index contributed by atoms with van der Waals surface area (Å²) in [4.78, 5) is 23.6. The van der Waals surface area contributed by atoms with E-state index in [0.29, 0.717) is 23.0 Å². The smallest absolute Gasteiger partial charge is 0.196 e. The quantitative estimate of drug-likeness (QED) is 0.622. The van der Waals surface area contributed by atoms with Crippen molar-refractivity contribution in [3.8, 4) is 0 Å². The second-order valence-electron chi connectivity index (χ2n) is 4.41. The van der Waals surface area contributed by atoms with Crippen LogP contribution in [-0.4, -0.2) is 12.1 Å². The Kier molecular flexibility index (Phi) is 3.56. The Hall–Kier alpha value is -2.29. The molecule has 0 N–H and O–H groups in total. The van der Waals surface area contributed by atoms with Gasteiger partial charge < -0.3 is 0 Å². The molecule has 2 aromatic carbocycles. The number of carbonyl (C=O) groups excluding carboxylic acids is 2. The summed E-state index contributed by atoms with van der Waals surface area (Å²) in [5, 5.41) is 0. The molecule has 0 aliphatic rings. The first kappa shape index (κ1) is 13.1. The lowest BCUT2D eigenvalue weighted by Gasteiger charge is -2.11. The van der Waals surface area contributed by atoms with Gasteiger partial charge in [0.2, 0.25) is 0 Å². The summed E-state index contributed by atoms with van der Waals surface area (Å²) in [6.07, 6.45) is 0.649. The Morgan fingerprint density at radius 1 is 1.05 bits per heavy atom. The Morgan fingerprint density at radius 3 is 2.32 bits per heavy atom. The molecule has 0 aromatic heterocycles. The maximum atomic E-state index is 13.7. The minimum atomic E-state index is -0.578. The van der Waals surface area contributed by atoms with Gasteiger partial charge >= 0.3 is 0 Å². The van der Waals surface area contributed by atoms with Crippen molar-refractivity contribution >= 4 is 12.1 Å². The van der Waals surface area contributed by atoms with Crippen LogP contribution in [0.25, 0.3) is 0 Å². The lowest BCUT2D eigenvalue weighted by molar-refractivity contribution is 0.102. The highest BCUT2D eigenvalue weighted by molar-refractivity contribution is 6.14. The Labute approximate surface area is 110 Å². The highest BCUT2D eigenvalue weighted by Gasteiger charge is 2.20. The zero-order valence-electron chi connectivity index (χ0n) is 10.7. The third kappa shape index (κ3) is 2.32. The molecule has 0 atom stereocenters.